The minimum absolute atomic E-state index is 0.0354. The van der Waals surface area contributed by atoms with Crippen LogP contribution in [0.25, 0.3) is 0 Å². The van der Waals surface area contributed by atoms with E-state index in [9.17, 15) is 0 Å². The van der Waals surface area contributed by atoms with E-state index in [2.05, 4.69) is 42.3 Å². The molecule has 0 saturated carbocycles. The van der Waals surface area contributed by atoms with Gasteiger partial charge in [0.05, 0.1) is 5.69 Å². The van der Waals surface area contributed by atoms with E-state index < -0.39 is 0 Å². The van der Waals surface area contributed by atoms with Crippen molar-refractivity contribution in [3.63, 3.8) is 0 Å². The minimum Gasteiger partial charge on any atom is -0.153 e. The van der Waals surface area contributed by atoms with Gasteiger partial charge in [0.25, 0.3) is 0 Å². The molecule has 15 heavy (non-hydrogen) atoms. The third kappa shape index (κ3) is 1.82. The number of aromatic nitrogens is 2. The fourth-order valence-electron chi connectivity index (χ4n) is 1.78. The highest BCUT2D eigenvalue weighted by Crippen LogP contribution is 2.36. The molecule has 1 aromatic heterocycles. The summed E-state index contributed by atoms with van der Waals surface area (Å²) >= 11 is 5.73. The van der Waals surface area contributed by atoms with Crippen LogP contribution in [0.2, 0.25) is 5.15 Å². The first-order chi connectivity index (χ1) is 7.13. The maximum Gasteiger partial charge on any atom is 0.151 e. The van der Waals surface area contributed by atoms with Crippen molar-refractivity contribution >= 4 is 11.6 Å². The van der Waals surface area contributed by atoms with Crippen LogP contribution in [-0.2, 0) is 5.41 Å². The molecule has 0 saturated heterocycles. The van der Waals surface area contributed by atoms with Crippen molar-refractivity contribution in [2.24, 2.45) is 0 Å². The van der Waals surface area contributed by atoms with Crippen LogP contribution >= 0.6 is 11.6 Å². The van der Waals surface area contributed by atoms with Crippen LogP contribution in [0.4, 0.5) is 0 Å². The maximum atomic E-state index is 5.73. The van der Waals surface area contributed by atoms with Gasteiger partial charge in [0.1, 0.15) is 0 Å². The third-order valence-electron chi connectivity index (χ3n) is 3.08. The van der Waals surface area contributed by atoms with Gasteiger partial charge in [-0.3, -0.25) is 0 Å². The molecule has 0 bridgehead atoms. The van der Waals surface area contributed by atoms with Gasteiger partial charge in [-0.15, -0.1) is 5.10 Å². The number of hydrogen-bond donors (Lipinski definition) is 0. The van der Waals surface area contributed by atoms with Crippen LogP contribution in [0.15, 0.2) is 35.9 Å². The molecule has 1 unspecified atom stereocenters. The molecule has 1 aromatic rings. The largest absolute Gasteiger partial charge is 0.153 e. The molecule has 0 N–H and O–H groups in total. The van der Waals surface area contributed by atoms with E-state index in [1.165, 1.54) is 5.57 Å². The molecule has 0 spiro atoms. The van der Waals surface area contributed by atoms with E-state index in [-0.39, 0.29) is 5.41 Å². The van der Waals surface area contributed by atoms with Crippen LogP contribution in [0, 0.1) is 0 Å². The summed E-state index contributed by atoms with van der Waals surface area (Å²) in [5, 5.41) is 8.51. The summed E-state index contributed by atoms with van der Waals surface area (Å²) in [7, 11) is 0. The summed E-state index contributed by atoms with van der Waals surface area (Å²) in [6.45, 7) is 4.31. The lowest BCUT2D eigenvalue weighted by Crippen LogP contribution is -2.26. The molecule has 0 amide bonds. The molecule has 0 radical (unpaired) electrons. The number of allylic oxidation sites excluding steroid dienone is 4. The van der Waals surface area contributed by atoms with E-state index in [1.807, 2.05) is 6.07 Å². The van der Waals surface area contributed by atoms with Crippen molar-refractivity contribution in [1.29, 1.82) is 0 Å². The molecule has 0 aliphatic heterocycles. The minimum atomic E-state index is -0.0354. The first-order valence-electron chi connectivity index (χ1n) is 4.96. The van der Waals surface area contributed by atoms with Gasteiger partial charge in [0.15, 0.2) is 5.15 Å². The Bertz CT molecular complexity index is 420. The summed E-state index contributed by atoms with van der Waals surface area (Å²) < 4.78 is 0. The van der Waals surface area contributed by atoms with E-state index >= 15 is 0 Å². The molecular formula is C12H13ClN2. The fourth-order valence-corrected chi connectivity index (χ4v) is 1.88. The monoisotopic (exact) mass is 220 g/mol. The highest BCUT2D eigenvalue weighted by molar-refractivity contribution is 6.29. The Balaban J connectivity index is 2.42. The fraction of sp³-hybridized carbons (Fsp3) is 0.333. The lowest BCUT2D eigenvalue weighted by Gasteiger charge is -2.30. The van der Waals surface area contributed by atoms with Gasteiger partial charge >= 0.3 is 0 Å². The molecule has 0 fully saturated rings. The molecule has 0 aromatic carbocycles. The predicted octanol–water partition coefficient (Wildman–Crippen LogP) is 3.29. The van der Waals surface area contributed by atoms with Gasteiger partial charge in [-0.1, -0.05) is 35.4 Å². The molecule has 1 heterocycles. The summed E-state index contributed by atoms with van der Waals surface area (Å²) in [5.74, 6) is 0. The van der Waals surface area contributed by atoms with Crippen molar-refractivity contribution in [1.82, 2.24) is 10.2 Å². The molecule has 78 valence electrons. The van der Waals surface area contributed by atoms with Crippen molar-refractivity contribution in [2.75, 3.05) is 0 Å². The molecule has 2 rings (SSSR count). The first kappa shape index (κ1) is 10.4. The van der Waals surface area contributed by atoms with Crippen molar-refractivity contribution in [3.8, 4) is 0 Å². The predicted molar refractivity (Wildman–Crippen MR) is 61.9 cm³/mol. The number of rotatable bonds is 1. The van der Waals surface area contributed by atoms with Crippen LogP contribution in [-0.4, -0.2) is 10.2 Å². The normalized spacial score (nSPS) is 25.1. The second-order valence-electron chi connectivity index (χ2n) is 4.06. The van der Waals surface area contributed by atoms with Gasteiger partial charge < -0.3 is 0 Å². The van der Waals surface area contributed by atoms with Crippen molar-refractivity contribution in [2.45, 2.75) is 25.7 Å². The van der Waals surface area contributed by atoms with Crippen LogP contribution in [0.1, 0.15) is 26.0 Å². The third-order valence-corrected chi connectivity index (χ3v) is 3.28. The molecule has 1 aliphatic rings. The summed E-state index contributed by atoms with van der Waals surface area (Å²) in [4.78, 5) is 0. The molecule has 1 aliphatic carbocycles. The van der Waals surface area contributed by atoms with E-state index in [0.29, 0.717) is 5.15 Å². The van der Waals surface area contributed by atoms with Crippen LogP contribution < -0.4 is 0 Å². The summed E-state index contributed by atoms with van der Waals surface area (Å²) in [6, 6.07) is 3.74. The molecule has 3 heteroatoms. The Labute approximate surface area is 94.7 Å². The van der Waals surface area contributed by atoms with Gasteiger partial charge in [-0.05, 0) is 32.4 Å². The number of hydrogen-bond acceptors (Lipinski definition) is 2. The lowest BCUT2D eigenvalue weighted by atomic mass is 9.74. The Hall–Kier alpha value is -1.15. The summed E-state index contributed by atoms with van der Waals surface area (Å²) in [6.07, 6.45) is 7.33. The zero-order valence-corrected chi connectivity index (χ0v) is 9.62. The standard InChI is InChI=1S/C12H13ClN2/c1-9-5-3-4-8-12(9,2)10-6-7-11(13)15-14-10/h3-7H,8H2,1-2H3. The SMILES string of the molecule is CC1=CC=CCC1(C)c1ccc(Cl)nn1. The zero-order valence-electron chi connectivity index (χ0n) is 8.87. The van der Waals surface area contributed by atoms with Gasteiger partial charge in [-0.2, -0.15) is 5.10 Å². The van der Waals surface area contributed by atoms with Gasteiger partial charge in [0, 0.05) is 5.41 Å². The van der Waals surface area contributed by atoms with Gasteiger partial charge in [0.2, 0.25) is 0 Å². The maximum absolute atomic E-state index is 5.73. The quantitative estimate of drug-likeness (QED) is 0.726. The lowest BCUT2D eigenvalue weighted by molar-refractivity contribution is 0.533. The first-order valence-corrected chi connectivity index (χ1v) is 5.34. The van der Waals surface area contributed by atoms with E-state index in [1.54, 1.807) is 6.07 Å². The number of nitrogens with zero attached hydrogens (tertiary/aromatic N) is 2. The highest BCUT2D eigenvalue weighted by atomic mass is 35.5. The number of halogens is 1. The average Bonchev–Trinajstić information content (AvgIpc) is 2.23. The Morgan fingerprint density at radius 3 is 2.73 bits per heavy atom. The Kier molecular flexibility index (Phi) is 2.61. The smallest absolute Gasteiger partial charge is 0.151 e. The van der Waals surface area contributed by atoms with E-state index in [0.717, 1.165) is 12.1 Å². The second kappa shape index (κ2) is 3.78. The second-order valence-corrected chi connectivity index (χ2v) is 4.44. The molecular weight excluding hydrogens is 208 g/mol. The molecule has 2 nitrogen and oxygen atoms in total. The van der Waals surface area contributed by atoms with Gasteiger partial charge in [-0.25, -0.2) is 0 Å². The highest BCUT2D eigenvalue weighted by Gasteiger charge is 2.30. The Morgan fingerprint density at radius 1 is 1.33 bits per heavy atom. The Morgan fingerprint density at radius 2 is 2.13 bits per heavy atom. The average molecular weight is 221 g/mol. The van der Waals surface area contributed by atoms with Crippen LogP contribution in [0.5, 0.6) is 0 Å². The van der Waals surface area contributed by atoms with Crippen molar-refractivity contribution < 1.29 is 0 Å². The van der Waals surface area contributed by atoms with Crippen LogP contribution in [0.3, 0.4) is 0 Å². The molecule has 1 atom stereocenters. The van der Waals surface area contributed by atoms with Crippen molar-refractivity contribution in [3.05, 3.63) is 46.8 Å². The zero-order chi connectivity index (χ0) is 10.9. The van der Waals surface area contributed by atoms with E-state index in [4.69, 9.17) is 11.6 Å². The topological polar surface area (TPSA) is 25.8 Å². The summed E-state index contributed by atoms with van der Waals surface area (Å²) in [5.41, 5.74) is 2.25.